The van der Waals surface area contributed by atoms with Crippen LogP contribution < -0.4 is 15.4 Å². The Labute approximate surface area is 145 Å². The number of thiazole rings is 1. The Morgan fingerprint density at radius 2 is 2.05 bits per heavy atom. The van der Waals surface area contributed by atoms with E-state index in [1.807, 2.05) is 31.3 Å². The highest BCUT2D eigenvalue weighted by Crippen LogP contribution is 2.25. The minimum atomic E-state index is 0. The van der Waals surface area contributed by atoms with Gasteiger partial charge in [0.25, 0.3) is 0 Å². The number of nitrogens with one attached hydrogen (secondary N) is 2. The molecule has 0 atom stereocenters. The summed E-state index contributed by atoms with van der Waals surface area (Å²) in [6.07, 6.45) is 0. The molecule has 7 heteroatoms. The van der Waals surface area contributed by atoms with E-state index in [0.29, 0.717) is 6.54 Å². The third-order valence-electron chi connectivity index (χ3n) is 2.79. The maximum absolute atomic E-state index is 5.15. The van der Waals surface area contributed by atoms with Crippen molar-refractivity contribution in [3.63, 3.8) is 0 Å². The highest BCUT2D eigenvalue weighted by molar-refractivity contribution is 14.0. The first-order valence-corrected chi connectivity index (χ1v) is 7.12. The fourth-order valence-corrected chi connectivity index (χ4v) is 2.53. The van der Waals surface area contributed by atoms with E-state index in [0.717, 1.165) is 28.0 Å². The number of hydrogen-bond acceptors (Lipinski definition) is 4. The second kappa shape index (κ2) is 8.83. The lowest BCUT2D eigenvalue weighted by atomic mass is 10.2. The summed E-state index contributed by atoms with van der Waals surface area (Å²) in [5, 5.41) is 9.21. The van der Waals surface area contributed by atoms with Crippen LogP contribution in [0.25, 0.3) is 10.6 Å². The zero-order chi connectivity index (χ0) is 14.4. The zero-order valence-electron chi connectivity index (χ0n) is 12.2. The number of hydrogen-bond donors (Lipinski definition) is 2. The maximum Gasteiger partial charge on any atom is 0.191 e. The summed E-state index contributed by atoms with van der Waals surface area (Å²) in [7, 11) is 5.23. The molecule has 21 heavy (non-hydrogen) atoms. The summed E-state index contributed by atoms with van der Waals surface area (Å²) >= 11 is 1.63. The number of halogens is 1. The lowest BCUT2D eigenvalue weighted by Crippen LogP contribution is -2.34. The predicted molar refractivity (Wildman–Crippen MR) is 98.8 cm³/mol. The number of aromatic nitrogens is 1. The molecule has 0 aliphatic rings. The van der Waals surface area contributed by atoms with Crippen molar-refractivity contribution < 1.29 is 4.74 Å². The second-order valence-corrected chi connectivity index (χ2v) is 4.91. The van der Waals surface area contributed by atoms with Gasteiger partial charge in [-0.25, -0.2) is 4.98 Å². The standard InChI is InChI=1S/C14H18N4OS.HI/c1-15-14(16-2)17-8-11-9-20-13(18-11)10-4-6-12(19-3)7-5-10;/h4-7,9H,8H2,1-3H3,(H2,15,16,17);1H. The zero-order valence-corrected chi connectivity index (χ0v) is 15.4. The van der Waals surface area contributed by atoms with Gasteiger partial charge in [-0.05, 0) is 24.3 Å². The largest absolute Gasteiger partial charge is 0.497 e. The smallest absolute Gasteiger partial charge is 0.191 e. The van der Waals surface area contributed by atoms with E-state index in [4.69, 9.17) is 4.74 Å². The van der Waals surface area contributed by atoms with Crippen molar-refractivity contribution in [3.8, 4) is 16.3 Å². The van der Waals surface area contributed by atoms with Crippen LogP contribution in [0.1, 0.15) is 5.69 Å². The van der Waals surface area contributed by atoms with Gasteiger partial charge in [0.2, 0.25) is 0 Å². The van der Waals surface area contributed by atoms with Gasteiger partial charge in [0.1, 0.15) is 10.8 Å². The molecule has 0 saturated heterocycles. The number of rotatable bonds is 4. The molecule has 1 aromatic heterocycles. The van der Waals surface area contributed by atoms with Gasteiger partial charge in [-0.3, -0.25) is 4.99 Å². The number of methoxy groups -OCH3 is 1. The summed E-state index contributed by atoms with van der Waals surface area (Å²) in [4.78, 5) is 8.67. The van der Waals surface area contributed by atoms with E-state index in [9.17, 15) is 0 Å². The lowest BCUT2D eigenvalue weighted by molar-refractivity contribution is 0.415. The molecule has 0 aliphatic heterocycles. The van der Waals surface area contributed by atoms with Gasteiger partial charge < -0.3 is 15.4 Å². The molecule has 2 aromatic rings. The maximum atomic E-state index is 5.15. The van der Waals surface area contributed by atoms with Crippen LogP contribution in [0.4, 0.5) is 0 Å². The van der Waals surface area contributed by atoms with Crippen molar-refractivity contribution in [2.75, 3.05) is 21.2 Å². The number of aliphatic imine (C=N–C) groups is 1. The molecular weight excluding hydrogens is 399 g/mol. The average Bonchev–Trinajstić information content (AvgIpc) is 2.97. The van der Waals surface area contributed by atoms with Crippen molar-refractivity contribution in [1.82, 2.24) is 15.6 Å². The van der Waals surface area contributed by atoms with E-state index < -0.39 is 0 Å². The minimum absolute atomic E-state index is 0. The van der Waals surface area contributed by atoms with E-state index in [1.54, 1.807) is 25.5 Å². The average molecular weight is 418 g/mol. The Morgan fingerprint density at radius 3 is 2.62 bits per heavy atom. The normalized spacial score (nSPS) is 10.7. The van der Waals surface area contributed by atoms with Gasteiger partial charge in [-0.1, -0.05) is 0 Å². The first-order chi connectivity index (χ1) is 9.76. The Kier molecular flexibility index (Phi) is 7.44. The summed E-state index contributed by atoms with van der Waals surface area (Å²) in [6, 6.07) is 7.91. The molecule has 0 fully saturated rings. The number of nitrogens with zero attached hydrogens (tertiary/aromatic N) is 2. The monoisotopic (exact) mass is 418 g/mol. The Balaban J connectivity index is 0.00000220. The topological polar surface area (TPSA) is 58.5 Å². The van der Waals surface area contributed by atoms with Crippen molar-refractivity contribution in [1.29, 1.82) is 0 Å². The van der Waals surface area contributed by atoms with Gasteiger partial charge in [0.05, 0.1) is 19.3 Å². The number of guanidine groups is 1. The van der Waals surface area contributed by atoms with Crippen molar-refractivity contribution in [2.45, 2.75) is 6.54 Å². The fraction of sp³-hybridized carbons (Fsp3) is 0.286. The first-order valence-electron chi connectivity index (χ1n) is 6.24. The third-order valence-corrected chi connectivity index (χ3v) is 3.73. The summed E-state index contributed by atoms with van der Waals surface area (Å²) < 4.78 is 5.15. The number of ether oxygens (including phenoxy) is 1. The first kappa shape index (κ1) is 17.7. The molecule has 0 aliphatic carbocycles. The molecule has 1 heterocycles. The summed E-state index contributed by atoms with van der Waals surface area (Å²) in [6.45, 7) is 0.653. The van der Waals surface area contributed by atoms with Crippen LogP contribution in [0.15, 0.2) is 34.6 Å². The molecule has 0 spiro atoms. The molecular formula is C14H19IN4OS. The van der Waals surface area contributed by atoms with Crippen LogP contribution in [0.3, 0.4) is 0 Å². The van der Waals surface area contributed by atoms with Gasteiger partial charge in [-0.2, -0.15) is 0 Å². The molecule has 114 valence electrons. The Bertz CT molecular complexity index is 583. The van der Waals surface area contributed by atoms with Crippen LogP contribution in [0.2, 0.25) is 0 Å². The Morgan fingerprint density at radius 1 is 1.33 bits per heavy atom. The van der Waals surface area contributed by atoms with Crippen LogP contribution in [0.5, 0.6) is 5.75 Å². The van der Waals surface area contributed by atoms with Crippen LogP contribution in [-0.4, -0.2) is 32.1 Å². The van der Waals surface area contributed by atoms with Crippen molar-refractivity contribution in [2.24, 2.45) is 4.99 Å². The summed E-state index contributed by atoms with van der Waals surface area (Å²) in [5.74, 6) is 1.61. The van der Waals surface area contributed by atoms with Crippen molar-refractivity contribution >= 4 is 41.3 Å². The van der Waals surface area contributed by atoms with E-state index in [2.05, 4.69) is 26.0 Å². The highest BCUT2D eigenvalue weighted by atomic mass is 127. The minimum Gasteiger partial charge on any atom is -0.497 e. The second-order valence-electron chi connectivity index (χ2n) is 4.05. The summed E-state index contributed by atoms with van der Waals surface area (Å²) in [5.41, 5.74) is 2.09. The predicted octanol–water partition coefficient (Wildman–Crippen LogP) is 2.73. The molecule has 5 nitrogen and oxygen atoms in total. The van der Waals surface area contributed by atoms with E-state index in [-0.39, 0.29) is 24.0 Å². The molecule has 0 radical (unpaired) electrons. The molecule has 2 rings (SSSR count). The third kappa shape index (κ3) is 4.85. The molecule has 0 amide bonds. The van der Waals surface area contributed by atoms with Gasteiger partial charge >= 0.3 is 0 Å². The molecule has 0 bridgehead atoms. The van der Waals surface area contributed by atoms with Crippen LogP contribution in [0, 0.1) is 0 Å². The molecule has 2 N–H and O–H groups in total. The van der Waals surface area contributed by atoms with Crippen molar-refractivity contribution in [3.05, 3.63) is 35.3 Å². The van der Waals surface area contributed by atoms with Gasteiger partial charge in [0, 0.05) is 25.0 Å². The molecule has 1 aromatic carbocycles. The van der Waals surface area contributed by atoms with Gasteiger partial charge in [0.15, 0.2) is 5.96 Å². The SMILES string of the molecule is CN=C(NC)NCc1csc(-c2ccc(OC)cc2)n1.I. The molecule has 0 saturated carbocycles. The van der Waals surface area contributed by atoms with Crippen LogP contribution >= 0.6 is 35.3 Å². The van der Waals surface area contributed by atoms with Gasteiger partial charge in [-0.15, -0.1) is 35.3 Å². The quantitative estimate of drug-likeness (QED) is 0.456. The van der Waals surface area contributed by atoms with E-state index >= 15 is 0 Å². The molecule has 0 unspecified atom stereocenters. The lowest BCUT2D eigenvalue weighted by Gasteiger charge is -2.06. The fourth-order valence-electron chi connectivity index (χ4n) is 1.71. The van der Waals surface area contributed by atoms with Crippen LogP contribution in [-0.2, 0) is 6.54 Å². The van der Waals surface area contributed by atoms with E-state index in [1.165, 1.54) is 0 Å². The highest BCUT2D eigenvalue weighted by Gasteiger charge is 2.05. The number of benzene rings is 1. The Hall–Kier alpha value is -1.35.